The topological polar surface area (TPSA) is 91.7 Å². The molecule has 152 valence electrons. The Morgan fingerprint density at radius 2 is 2.15 bits per heavy atom. The van der Waals surface area contributed by atoms with Gasteiger partial charge in [-0.15, -0.1) is 0 Å². The van der Waals surface area contributed by atoms with Crippen molar-refractivity contribution in [2.75, 3.05) is 19.7 Å². The number of carbonyl (C=O) groups is 2. The van der Waals surface area contributed by atoms with E-state index in [0.29, 0.717) is 26.0 Å². The number of hydrogen-bond donors (Lipinski definition) is 1. The van der Waals surface area contributed by atoms with Crippen molar-refractivity contribution in [3.8, 4) is 6.07 Å². The summed E-state index contributed by atoms with van der Waals surface area (Å²) in [7, 11) is 0. The van der Waals surface area contributed by atoms with Crippen LogP contribution in [0.3, 0.4) is 0 Å². The van der Waals surface area contributed by atoms with Crippen LogP contribution in [0, 0.1) is 17.2 Å². The van der Waals surface area contributed by atoms with Gasteiger partial charge in [0.2, 0.25) is 0 Å². The third-order valence-corrected chi connectivity index (χ3v) is 4.00. The minimum atomic E-state index is -0.808. The number of ether oxygens (including phenoxy) is 2. The molecule has 0 spiro atoms. The van der Waals surface area contributed by atoms with E-state index >= 15 is 0 Å². The van der Waals surface area contributed by atoms with Crippen LogP contribution in [0.1, 0.15) is 53.9 Å². The second-order valence-corrected chi connectivity index (χ2v) is 7.88. The molecule has 3 atom stereocenters. The van der Waals surface area contributed by atoms with Gasteiger partial charge in [-0.3, -0.25) is 4.79 Å². The summed E-state index contributed by atoms with van der Waals surface area (Å²) in [6, 6.07) is 1.53. The van der Waals surface area contributed by atoms with Crippen molar-refractivity contribution < 1.29 is 19.1 Å². The maximum atomic E-state index is 12.6. The monoisotopic (exact) mass is 379 g/mol. The van der Waals surface area contributed by atoms with Gasteiger partial charge in [0.1, 0.15) is 11.6 Å². The Labute approximate surface area is 162 Å². The summed E-state index contributed by atoms with van der Waals surface area (Å²) in [5, 5.41) is 12.1. The van der Waals surface area contributed by atoms with Gasteiger partial charge in [0.25, 0.3) is 5.91 Å². The maximum Gasteiger partial charge on any atom is 0.410 e. The average molecular weight is 380 g/mol. The number of amides is 2. The van der Waals surface area contributed by atoms with Crippen molar-refractivity contribution in [1.82, 2.24) is 10.2 Å². The molecule has 1 fully saturated rings. The SMILES string of the molecule is CC/C=C\C(C)C[C@@H](C#N)NC(=O)[C@@H]1CN(C(=O)OC(C)(C)C)CCCO1. The molecule has 0 saturated carbocycles. The maximum absolute atomic E-state index is 12.6. The Morgan fingerprint density at radius 3 is 2.74 bits per heavy atom. The summed E-state index contributed by atoms with van der Waals surface area (Å²) in [5.41, 5.74) is -0.601. The summed E-state index contributed by atoms with van der Waals surface area (Å²) < 4.78 is 11.0. The van der Waals surface area contributed by atoms with Gasteiger partial charge >= 0.3 is 6.09 Å². The molecule has 0 bridgehead atoms. The molecule has 2 amide bonds. The predicted molar refractivity (Wildman–Crippen MR) is 103 cm³/mol. The Balaban J connectivity index is 2.67. The van der Waals surface area contributed by atoms with Gasteiger partial charge in [0, 0.05) is 13.2 Å². The lowest BCUT2D eigenvalue weighted by molar-refractivity contribution is -0.133. The first-order valence-corrected chi connectivity index (χ1v) is 9.62. The molecule has 0 radical (unpaired) electrons. The van der Waals surface area contributed by atoms with Crippen LogP contribution < -0.4 is 5.32 Å². The highest BCUT2D eigenvalue weighted by Gasteiger charge is 2.31. The summed E-state index contributed by atoms with van der Waals surface area (Å²) in [6.07, 6.45) is 4.92. The van der Waals surface area contributed by atoms with Crippen molar-refractivity contribution in [1.29, 1.82) is 5.26 Å². The quantitative estimate of drug-likeness (QED) is 0.716. The summed E-state index contributed by atoms with van der Waals surface area (Å²) >= 11 is 0. The van der Waals surface area contributed by atoms with E-state index in [1.165, 1.54) is 4.90 Å². The molecule has 1 heterocycles. The van der Waals surface area contributed by atoms with Gasteiger partial charge in [-0.1, -0.05) is 26.0 Å². The number of rotatable bonds is 6. The molecule has 1 rings (SSSR count). The van der Waals surface area contributed by atoms with Crippen molar-refractivity contribution in [3.05, 3.63) is 12.2 Å². The van der Waals surface area contributed by atoms with E-state index in [0.717, 1.165) is 6.42 Å². The van der Waals surface area contributed by atoms with Crippen LogP contribution in [0.2, 0.25) is 0 Å². The highest BCUT2D eigenvalue weighted by molar-refractivity contribution is 5.82. The van der Waals surface area contributed by atoms with E-state index < -0.39 is 23.8 Å². The van der Waals surface area contributed by atoms with E-state index in [2.05, 4.69) is 11.4 Å². The molecule has 1 unspecified atom stereocenters. The van der Waals surface area contributed by atoms with Crippen LogP contribution in [0.15, 0.2) is 12.2 Å². The van der Waals surface area contributed by atoms with E-state index in [1.807, 2.05) is 26.0 Å². The molecule has 0 aromatic carbocycles. The summed E-state index contributed by atoms with van der Waals surface area (Å²) in [6.45, 7) is 10.4. The second-order valence-electron chi connectivity index (χ2n) is 7.88. The van der Waals surface area contributed by atoms with Gasteiger partial charge in [0.15, 0.2) is 6.10 Å². The molecule has 0 aromatic rings. The van der Waals surface area contributed by atoms with Crippen molar-refractivity contribution >= 4 is 12.0 Å². The number of hydrogen-bond acceptors (Lipinski definition) is 5. The second kappa shape index (κ2) is 10.9. The van der Waals surface area contributed by atoms with E-state index in [1.54, 1.807) is 20.8 Å². The summed E-state index contributed by atoms with van der Waals surface area (Å²) in [5.74, 6) is -0.188. The van der Waals surface area contributed by atoms with Crippen LogP contribution >= 0.6 is 0 Å². The number of nitrogens with zero attached hydrogens (tertiary/aromatic N) is 2. The zero-order valence-corrected chi connectivity index (χ0v) is 17.2. The first kappa shape index (κ1) is 23.0. The number of nitrogens with one attached hydrogen (secondary N) is 1. The van der Waals surface area contributed by atoms with Crippen LogP contribution in [-0.2, 0) is 14.3 Å². The molecule has 1 aliphatic rings. The lowest BCUT2D eigenvalue weighted by atomic mass is 10.0. The molecular formula is C20H33N3O4. The van der Waals surface area contributed by atoms with Crippen LogP contribution in [0.25, 0.3) is 0 Å². The number of carbonyl (C=O) groups excluding carboxylic acids is 2. The van der Waals surface area contributed by atoms with Crippen LogP contribution in [0.4, 0.5) is 4.79 Å². The lowest BCUT2D eigenvalue weighted by Crippen LogP contribution is -2.48. The van der Waals surface area contributed by atoms with E-state index in [-0.39, 0.29) is 18.4 Å². The molecule has 0 aromatic heterocycles. The van der Waals surface area contributed by atoms with Crippen LogP contribution in [-0.4, -0.2) is 54.3 Å². The van der Waals surface area contributed by atoms with Gasteiger partial charge in [-0.2, -0.15) is 5.26 Å². The average Bonchev–Trinajstić information content (AvgIpc) is 2.84. The molecule has 27 heavy (non-hydrogen) atoms. The third-order valence-electron chi connectivity index (χ3n) is 4.00. The van der Waals surface area contributed by atoms with Gasteiger partial charge < -0.3 is 19.7 Å². The van der Waals surface area contributed by atoms with E-state index in [4.69, 9.17) is 9.47 Å². The first-order chi connectivity index (χ1) is 12.7. The van der Waals surface area contributed by atoms with Gasteiger partial charge in [-0.25, -0.2) is 4.79 Å². The highest BCUT2D eigenvalue weighted by atomic mass is 16.6. The standard InChI is InChI=1S/C20H33N3O4/c1-6-7-9-15(2)12-16(13-21)22-18(24)17-14-23(10-8-11-26-17)19(25)27-20(3,4)5/h7,9,15-17H,6,8,10-12,14H2,1-5H3,(H,22,24)/b9-7-/t15?,16-,17-/m0/s1. The zero-order chi connectivity index (χ0) is 20.4. The Bertz CT molecular complexity index is 563. The Kier molecular flexibility index (Phi) is 9.30. The predicted octanol–water partition coefficient (Wildman–Crippen LogP) is 3.01. The molecule has 1 aliphatic heterocycles. The number of allylic oxidation sites excluding steroid dienone is 2. The van der Waals surface area contributed by atoms with Crippen molar-refractivity contribution in [2.24, 2.45) is 5.92 Å². The largest absolute Gasteiger partial charge is 0.444 e. The molecule has 7 nitrogen and oxygen atoms in total. The smallest absolute Gasteiger partial charge is 0.410 e. The van der Waals surface area contributed by atoms with Gasteiger partial charge in [0.05, 0.1) is 12.6 Å². The van der Waals surface area contributed by atoms with Crippen molar-refractivity contribution in [3.63, 3.8) is 0 Å². The fourth-order valence-electron chi connectivity index (χ4n) is 2.70. The zero-order valence-electron chi connectivity index (χ0n) is 17.2. The fourth-order valence-corrected chi connectivity index (χ4v) is 2.70. The molecular weight excluding hydrogens is 346 g/mol. The Morgan fingerprint density at radius 1 is 1.44 bits per heavy atom. The first-order valence-electron chi connectivity index (χ1n) is 9.62. The molecule has 1 N–H and O–H groups in total. The fraction of sp³-hybridized carbons (Fsp3) is 0.750. The molecule has 7 heteroatoms. The van der Waals surface area contributed by atoms with Gasteiger partial charge in [-0.05, 0) is 46.0 Å². The lowest BCUT2D eigenvalue weighted by Gasteiger charge is -2.28. The normalized spacial score (nSPS) is 20.4. The number of nitriles is 1. The highest BCUT2D eigenvalue weighted by Crippen LogP contribution is 2.14. The van der Waals surface area contributed by atoms with E-state index in [9.17, 15) is 14.9 Å². The summed E-state index contributed by atoms with van der Waals surface area (Å²) in [4.78, 5) is 26.4. The molecule has 1 saturated heterocycles. The Hall–Kier alpha value is -2.07. The minimum Gasteiger partial charge on any atom is -0.444 e. The van der Waals surface area contributed by atoms with Crippen LogP contribution in [0.5, 0.6) is 0 Å². The van der Waals surface area contributed by atoms with Crippen molar-refractivity contribution in [2.45, 2.75) is 71.6 Å². The minimum absolute atomic E-state index is 0.115. The molecule has 0 aliphatic carbocycles. The third kappa shape index (κ3) is 8.91.